The highest BCUT2D eigenvalue weighted by Crippen LogP contribution is 2.24. The predicted molar refractivity (Wildman–Crippen MR) is 111 cm³/mol. The van der Waals surface area contributed by atoms with Gasteiger partial charge in [0.2, 0.25) is 11.8 Å². The molecule has 1 aliphatic heterocycles. The molecule has 1 aromatic heterocycles. The van der Waals surface area contributed by atoms with Crippen molar-refractivity contribution in [2.45, 2.75) is 19.0 Å². The van der Waals surface area contributed by atoms with Crippen LogP contribution in [0.25, 0.3) is 10.9 Å². The number of aromatic nitrogens is 1. The third-order valence-electron chi connectivity index (χ3n) is 4.88. The van der Waals surface area contributed by atoms with Crippen molar-refractivity contribution in [3.63, 3.8) is 0 Å². The van der Waals surface area contributed by atoms with Crippen molar-refractivity contribution in [2.24, 2.45) is 0 Å². The van der Waals surface area contributed by atoms with Crippen LogP contribution in [0.5, 0.6) is 0 Å². The maximum Gasteiger partial charge on any atom is 0.254 e. The molecule has 0 fully saturated rings. The van der Waals surface area contributed by atoms with Gasteiger partial charge in [0.15, 0.2) is 0 Å². The Bertz CT molecular complexity index is 1110. The first kappa shape index (κ1) is 19.0. The first-order valence-electron chi connectivity index (χ1n) is 9.24. The standard InChI is InChI=1S/C21H19ClN4O3/c22-15-5-3-7-18-13(15)8-10-26(18)11-9-23-19(27)12-17-21(29)24-16-6-2-1-4-14(16)20(28)25-17/h1-8,10,17H,9,11-12H2,(H,23,27)(H,24,29)(H,25,28). The molecule has 0 saturated heterocycles. The first-order chi connectivity index (χ1) is 14.0. The zero-order valence-electron chi connectivity index (χ0n) is 15.4. The summed E-state index contributed by atoms with van der Waals surface area (Å²) in [5, 5.41) is 9.75. The minimum Gasteiger partial charge on any atom is -0.354 e. The summed E-state index contributed by atoms with van der Waals surface area (Å²) < 4.78 is 2.00. The van der Waals surface area contributed by atoms with E-state index in [4.69, 9.17) is 11.6 Å². The summed E-state index contributed by atoms with van der Waals surface area (Å²) in [4.78, 5) is 37.0. The highest BCUT2D eigenvalue weighted by atomic mass is 35.5. The van der Waals surface area contributed by atoms with Crippen LogP contribution in [0, 0.1) is 0 Å². The fraction of sp³-hybridized carbons (Fsp3) is 0.190. The number of hydrogen-bond donors (Lipinski definition) is 3. The second kappa shape index (κ2) is 7.97. The van der Waals surface area contributed by atoms with Crippen molar-refractivity contribution >= 4 is 45.9 Å². The van der Waals surface area contributed by atoms with Gasteiger partial charge < -0.3 is 20.5 Å². The quantitative estimate of drug-likeness (QED) is 0.603. The number of rotatable bonds is 5. The molecule has 7 nitrogen and oxygen atoms in total. The van der Waals surface area contributed by atoms with Gasteiger partial charge >= 0.3 is 0 Å². The summed E-state index contributed by atoms with van der Waals surface area (Å²) >= 11 is 6.18. The van der Waals surface area contributed by atoms with Crippen LogP contribution < -0.4 is 16.0 Å². The number of para-hydroxylation sites is 1. The van der Waals surface area contributed by atoms with E-state index in [-0.39, 0.29) is 18.2 Å². The average molecular weight is 411 g/mol. The third kappa shape index (κ3) is 3.95. The molecule has 3 aromatic rings. The Morgan fingerprint density at radius 3 is 2.79 bits per heavy atom. The molecular weight excluding hydrogens is 392 g/mol. The van der Waals surface area contributed by atoms with Crippen LogP contribution in [0.3, 0.4) is 0 Å². The van der Waals surface area contributed by atoms with Crippen LogP contribution >= 0.6 is 11.6 Å². The highest BCUT2D eigenvalue weighted by molar-refractivity contribution is 6.35. The van der Waals surface area contributed by atoms with E-state index >= 15 is 0 Å². The van der Waals surface area contributed by atoms with Crippen LogP contribution in [-0.4, -0.2) is 34.9 Å². The van der Waals surface area contributed by atoms with Gasteiger partial charge in [-0.25, -0.2) is 0 Å². The van der Waals surface area contributed by atoms with Crippen LogP contribution in [-0.2, 0) is 16.1 Å². The Morgan fingerprint density at radius 2 is 1.93 bits per heavy atom. The Hall–Kier alpha value is -3.32. The van der Waals surface area contributed by atoms with E-state index in [1.807, 2.05) is 35.0 Å². The Balaban J connectivity index is 1.34. The zero-order chi connectivity index (χ0) is 20.4. The van der Waals surface area contributed by atoms with Crippen molar-refractivity contribution in [2.75, 3.05) is 11.9 Å². The molecule has 1 aliphatic rings. The Kier molecular flexibility index (Phi) is 5.22. The molecule has 0 aliphatic carbocycles. The van der Waals surface area contributed by atoms with Crippen LogP contribution in [0.4, 0.5) is 5.69 Å². The number of carbonyl (C=O) groups is 3. The predicted octanol–water partition coefficient (Wildman–Crippen LogP) is 2.55. The highest BCUT2D eigenvalue weighted by Gasteiger charge is 2.29. The van der Waals surface area contributed by atoms with Crippen LogP contribution in [0.2, 0.25) is 5.02 Å². The van der Waals surface area contributed by atoms with Gasteiger partial charge in [-0.2, -0.15) is 0 Å². The minimum absolute atomic E-state index is 0.135. The smallest absolute Gasteiger partial charge is 0.254 e. The van der Waals surface area contributed by atoms with E-state index in [1.165, 1.54) is 0 Å². The van der Waals surface area contributed by atoms with Gasteiger partial charge in [-0.05, 0) is 30.3 Å². The van der Waals surface area contributed by atoms with Crippen LogP contribution in [0.15, 0.2) is 54.7 Å². The first-order valence-corrected chi connectivity index (χ1v) is 9.61. The van der Waals surface area contributed by atoms with E-state index in [2.05, 4.69) is 16.0 Å². The Labute approximate surface area is 172 Å². The number of anilines is 1. The molecule has 3 amide bonds. The SMILES string of the molecule is O=C(CC1NC(=O)c2ccccc2NC1=O)NCCn1ccc2c(Cl)cccc21. The summed E-state index contributed by atoms with van der Waals surface area (Å²) in [5.74, 6) is -1.11. The molecule has 2 aromatic carbocycles. The molecule has 8 heteroatoms. The van der Waals surface area contributed by atoms with E-state index in [1.54, 1.807) is 24.3 Å². The molecule has 0 spiro atoms. The number of benzene rings is 2. The lowest BCUT2D eigenvalue weighted by molar-refractivity contribution is -0.125. The fourth-order valence-corrected chi connectivity index (χ4v) is 3.64. The molecule has 3 N–H and O–H groups in total. The topological polar surface area (TPSA) is 92.2 Å². The van der Waals surface area contributed by atoms with Crippen molar-refractivity contribution in [1.82, 2.24) is 15.2 Å². The second-order valence-electron chi connectivity index (χ2n) is 6.80. The lowest BCUT2D eigenvalue weighted by atomic mass is 10.1. The average Bonchev–Trinajstić information content (AvgIpc) is 3.07. The lowest BCUT2D eigenvalue weighted by Crippen LogP contribution is -2.44. The van der Waals surface area contributed by atoms with Gasteiger partial charge in [0, 0.05) is 35.2 Å². The van der Waals surface area contributed by atoms with Gasteiger partial charge in [0.05, 0.1) is 17.7 Å². The normalized spacial score (nSPS) is 16.0. The van der Waals surface area contributed by atoms with Gasteiger partial charge in [-0.15, -0.1) is 0 Å². The molecule has 4 rings (SSSR count). The summed E-state index contributed by atoms with van der Waals surface area (Å²) in [6.07, 6.45) is 1.78. The number of amides is 3. The van der Waals surface area contributed by atoms with Gasteiger partial charge in [-0.3, -0.25) is 14.4 Å². The summed E-state index contributed by atoms with van der Waals surface area (Å²) in [7, 11) is 0. The van der Waals surface area contributed by atoms with Gasteiger partial charge in [0.1, 0.15) is 6.04 Å². The maximum absolute atomic E-state index is 12.4. The second-order valence-corrected chi connectivity index (χ2v) is 7.20. The van der Waals surface area contributed by atoms with Crippen LogP contribution in [0.1, 0.15) is 16.8 Å². The number of nitrogens with one attached hydrogen (secondary N) is 3. The molecular formula is C21H19ClN4O3. The number of carbonyl (C=O) groups excluding carboxylic acids is 3. The van der Waals surface area contributed by atoms with E-state index in [0.717, 1.165) is 10.9 Å². The molecule has 148 valence electrons. The summed E-state index contributed by atoms with van der Waals surface area (Å²) in [5.41, 5.74) is 1.80. The van der Waals surface area contributed by atoms with Crippen molar-refractivity contribution in [3.8, 4) is 0 Å². The van der Waals surface area contributed by atoms with Crippen molar-refractivity contribution in [1.29, 1.82) is 0 Å². The molecule has 2 heterocycles. The number of nitrogens with zero attached hydrogens (tertiary/aromatic N) is 1. The minimum atomic E-state index is -0.930. The molecule has 0 saturated carbocycles. The van der Waals surface area contributed by atoms with E-state index in [0.29, 0.717) is 29.4 Å². The molecule has 29 heavy (non-hydrogen) atoms. The Morgan fingerprint density at radius 1 is 1.10 bits per heavy atom. The molecule has 1 atom stereocenters. The summed E-state index contributed by atoms with van der Waals surface area (Å²) in [6, 6.07) is 13.4. The van der Waals surface area contributed by atoms with E-state index < -0.39 is 11.9 Å². The fourth-order valence-electron chi connectivity index (χ4n) is 3.41. The summed E-state index contributed by atoms with van der Waals surface area (Å²) in [6.45, 7) is 0.946. The molecule has 0 bridgehead atoms. The molecule has 0 radical (unpaired) electrons. The lowest BCUT2D eigenvalue weighted by Gasteiger charge is -2.14. The number of halogens is 1. The van der Waals surface area contributed by atoms with E-state index in [9.17, 15) is 14.4 Å². The number of hydrogen-bond acceptors (Lipinski definition) is 3. The van der Waals surface area contributed by atoms with Gasteiger partial charge in [0.25, 0.3) is 5.91 Å². The third-order valence-corrected chi connectivity index (χ3v) is 5.21. The van der Waals surface area contributed by atoms with Crippen molar-refractivity contribution < 1.29 is 14.4 Å². The largest absolute Gasteiger partial charge is 0.354 e. The zero-order valence-corrected chi connectivity index (χ0v) is 16.2. The van der Waals surface area contributed by atoms with Crippen molar-refractivity contribution in [3.05, 3.63) is 65.3 Å². The van der Waals surface area contributed by atoms with Gasteiger partial charge in [-0.1, -0.05) is 29.8 Å². The maximum atomic E-state index is 12.4. The number of fused-ring (bicyclic) bond motifs is 2. The molecule has 1 unspecified atom stereocenters. The monoisotopic (exact) mass is 410 g/mol.